The second-order valence-electron chi connectivity index (χ2n) is 7.54. The van der Waals surface area contributed by atoms with E-state index in [-0.39, 0.29) is 22.5 Å². The van der Waals surface area contributed by atoms with Gasteiger partial charge in [-0.3, -0.25) is 9.59 Å². The number of Topliss-reactive ketones (excluding diaryl/α,β-unsaturated/α-hetero) is 1. The molecule has 0 aromatic carbocycles. The van der Waals surface area contributed by atoms with Crippen molar-refractivity contribution in [3.63, 3.8) is 0 Å². The van der Waals surface area contributed by atoms with Gasteiger partial charge in [0.05, 0.1) is 0 Å². The highest BCUT2D eigenvalue weighted by Gasteiger charge is 2.36. The maximum absolute atomic E-state index is 12.4. The minimum atomic E-state index is -1.54. The number of ketones is 1. The van der Waals surface area contributed by atoms with Crippen molar-refractivity contribution in [2.75, 3.05) is 17.8 Å². The summed E-state index contributed by atoms with van der Waals surface area (Å²) in [6.07, 6.45) is 0. The van der Waals surface area contributed by atoms with E-state index in [1.165, 1.54) is 26.2 Å². The summed E-state index contributed by atoms with van der Waals surface area (Å²) in [4.78, 5) is 56.6. The number of carbonyl (C=O) groups is 4. The number of carbonyl (C=O) groups excluding carboxylic acids is 4. The average Bonchev–Trinajstić information content (AvgIpc) is 3.06. The molecule has 12 heteroatoms. The van der Waals surface area contributed by atoms with Crippen LogP contribution in [-0.4, -0.2) is 58.0 Å². The molecule has 1 aromatic heterocycles. The molecule has 0 radical (unpaired) electrons. The maximum Gasteiger partial charge on any atom is 0.363 e. The number of thiazole rings is 1. The Bertz CT molecular complexity index is 843. The van der Waals surface area contributed by atoms with Crippen molar-refractivity contribution >= 4 is 57.4 Å². The molecular formula is C18H24ClN3O7S. The van der Waals surface area contributed by atoms with Crippen molar-refractivity contribution in [2.24, 2.45) is 5.16 Å². The summed E-state index contributed by atoms with van der Waals surface area (Å²) in [6.45, 7) is 8.68. The first-order valence-corrected chi connectivity index (χ1v) is 10.1. The fourth-order valence-electron chi connectivity index (χ4n) is 1.61. The molecule has 10 nitrogen and oxygen atoms in total. The van der Waals surface area contributed by atoms with Gasteiger partial charge in [0.15, 0.2) is 10.9 Å². The third-order valence-electron chi connectivity index (χ3n) is 2.97. The van der Waals surface area contributed by atoms with Gasteiger partial charge in [0.2, 0.25) is 17.2 Å². The van der Waals surface area contributed by atoms with Crippen LogP contribution in [-0.2, 0) is 33.5 Å². The standard InChI is InChI=1S/C18H24ClN3O7S/c1-10(23)8-27-14(25)13(11-9-30-16(20-11)21-12(24)7-19)22-29-18(5,6)15(26)28-17(2,3)4/h9H,7-8H2,1-6H3,(H,20,21,24)/b22-13+. The molecule has 0 atom stereocenters. The van der Waals surface area contributed by atoms with Gasteiger partial charge in [-0.1, -0.05) is 5.16 Å². The van der Waals surface area contributed by atoms with Crippen molar-refractivity contribution in [3.8, 4) is 0 Å². The molecule has 1 amide bonds. The van der Waals surface area contributed by atoms with Crippen LogP contribution in [0.2, 0.25) is 0 Å². The monoisotopic (exact) mass is 461 g/mol. The van der Waals surface area contributed by atoms with Gasteiger partial charge in [-0.25, -0.2) is 14.6 Å². The van der Waals surface area contributed by atoms with E-state index >= 15 is 0 Å². The molecule has 0 spiro atoms. The highest BCUT2D eigenvalue weighted by atomic mass is 35.5. The van der Waals surface area contributed by atoms with E-state index in [1.807, 2.05) is 0 Å². The second kappa shape index (κ2) is 10.5. The number of amides is 1. The number of hydrogen-bond acceptors (Lipinski definition) is 10. The van der Waals surface area contributed by atoms with Gasteiger partial charge in [0, 0.05) is 5.38 Å². The molecule has 0 fully saturated rings. The molecule has 0 saturated heterocycles. The SMILES string of the molecule is CC(=O)COC(=O)/C(=N/OC(C)(C)C(=O)OC(C)(C)C)c1csc(NC(=O)CCl)n1. The van der Waals surface area contributed by atoms with Crippen molar-refractivity contribution in [1.82, 2.24) is 4.98 Å². The van der Waals surface area contributed by atoms with Crippen LogP contribution >= 0.6 is 22.9 Å². The molecule has 0 bridgehead atoms. The molecule has 1 heterocycles. The zero-order valence-corrected chi connectivity index (χ0v) is 19.1. The smallest absolute Gasteiger partial charge is 0.363 e. The van der Waals surface area contributed by atoms with Crippen LogP contribution in [0.1, 0.15) is 47.2 Å². The van der Waals surface area contributed by atoms with E-state index in [9.17, 15) is 19.2 Å². The first-order chi connectivity index (χ1) is 13.7. The van der Waals surface area contributed by atoms with Gasteiger partial charge < -0.3 is 19.6 Å². The fourth-order valence-corrected chi connectivity index (χ4v) is 2.39. The molecule has 1 rings (SSSR count). The van der Waals surface area contributed by atoms with Gasteiger partial charge >= 0.3 is 11.9 Å². The number of anilines is 1. The number of aromatic nitrogens is 1. The minimum Gasteiger partial charge on any atom is -0.457 e. The summed E-state index contributed by atoms with van der Waals surface area (Å²) >= 11 is 6.45. The summed E-state index contributed by atoms with van der Waals surface area (Å²) in [5, 5.41) is 7.75. The molecule has 30 heavy (non-hydrogen) atoms. The van der Waals surface area contributed by atoms with Crippen LogP contribution in [0, 0.1) is 0 Å². The lowest BCUT2D eigenvalue weighted by molar-refractivity contribution is -0.179. The molecular weight excluding hydrogens is 438 g/mol. The van der Waals surface area contributed by atoms with E-state index in [1.54, 1.807) is 20.8 Å². The summed E-state index contributed by atoms with van der Waals surface area (Å²) in [5.41, 5.74) is -2.67. The topological polar surface area (TPSA) is 133 Å². The number of oxime groups is 1. The van der Waals surface area contributed by atoms with Gasteiger partial charge in [-0.2, -0.15) is 0 Å². The van der Waals surface area contributed by atoms with Gasteiger partial charge in [-0.15, -0.1) is 22.9 Å². The number of nitrogens with zero attached hydrogens (tertiary/aromatic N) is 2. The molecule has 1 aromatic rings. The Hall–Kier alpha value is -2.53. The number of esters is 2. The Morgan fingerprint density at radius 2 is 1.83 bits per heavy atom. The molecule has 0 aliphatic heterocycles. The molecule has 166 valence electrons. The van der Waals surface area contributed by atoms with Crippen LogP contribution in [0.3, 0.4) is 0 Å². The molecule has 0 aliphatic rings. The lowest BCUT2D eigenvalue weighted by Crippen LogP contribution is -2.40. The van der Waals surface area contributed by atoms with Crippen LogP contribution in [0.25, 0.3) is 0 Å². The number of ether oxygens (including phenoxy) is 2. The van der Waals surface area contributed by atoms with Crippen molar-refractivity contribution in [3.05, 3.63) is 11.1 Å². The van der Waals surface area contributed by atoms with E-state index in [0.29, 0.717) is 0 Å². The Kier molecular flexibility index (Phi) is 8.91. The third kappa shape index (κ3) is 8.46. The Labute approximate surface area is 182 Å². The zero-order valence-electron chi connectivity index (χ0n) is 17.5. The Morgan fingerprint density at radius 3 is 2.37 bits per heavy atom. The lowest BCUT2D eigenvalue weighted by Gasteiger charge is -2.26. The second-order valence-corrected chi connectivity index (χ2v) is 8.67. The van der Waals surface area contributed by atoms with Crippen LogP contribution in [0.15, 0.2) is 10.5 Å². The third-order valence-corrected chi connectivity index (χ3v) is 3.97. The predicted octanol–water partition coefficient (Wildman–Crippen LogP) is 2.29. The number of alkyl halides is 1. The number of halogens is 1. The highest BCUT2D eigenvalue weighted by Crippen LogP contribution is 2.20. The van der Waals surface area contributed by atoms with Crippen LogP contribution < -0.4 is 5.32 Å². The van der Waals surface area contributed by atoms with Crippen molar-refractivity contribution < 1.29 is 33.5 Å². The summed E-state index contributed by atoms with van der Waals surface area (Å²) in [7, 11) is 0. The average molecular weight is 462 g/mol. The number of rotatable bonds is 9. The quantitative estimate of drug-likeness (QED) is 0.256. The molecule has 0 saturated carbocycles. The maximum atomic E-state index is 12.4. The summed E-state index contributed by atoms with van der Waals surface area (Å²) < 4.78 is 10.2. The van der Waals surface area contributed by atoms with E-state index in [2.05, 4.69) is 15.5 Å². The number of nitrogens with one attached hydrogen (secondary N) is 1. The Morgan fingerprint density at radius 1 is 1.20 bits per heavy atom. The summed E-state index contributed by atoms with van der Waals surface area (Å²) in [5.74, 6) is -2.85. The molecule has 0 aliphatic carbocycles. The highest BCUT2D eigenvalue weighted by molar-refractivity contribution is 7.14. The lowest BCUT2D eigenvalue weighted by atomic mass is 10.1. The van der Waals surface area contributed by atoms with Crippen molar-refractivity contribution in [2.45, 2.75) is 52.7 Å². The summed E-state index contributed by atoms with van der Waals surface area (Å²) in [6, 6.07) is 0. The van der Waals surface area contributed by atoms with Gasteiger partial charge in [0.1, 0.15) is 23.8 Å². The Balaban J connectivity index is 3.14. The first-order valence-electron chi connectivity index (χ1n) is 8.73. The van der Waals surface area contributed by atoms with E-state index < -0.39 is 41.4 Å². The van der Waals surface area contributed by atoms with Crippen LogP contribution in [0.4, 0.5) is 5.13 Å². The largest absolute Gasteiger partial charge is 0.457 e. The normalized spacial score (nSPS) is 12.2. The van der Waals surface area contributed by atoms with Crippen molar-refractivity contribution in [1.29, 1.82) is 0 Å². The van der Waals surface area contributed by atoms with Gasteiger partial charge in [0.25, 0.3) is 0 Å². The predicted molar refractivity (Wildman–Crippen MR) is 111 cm³/mol. The molecule has 0 unspecified atom stereocenters. The minimum absolute atomic E-state index is 0.0124. The number of hydrogen-bond donors (Lipinski definition) is 1. The van der Waals surface area contributed by atoms with Gasteiger partial charge in [-0.05, 0) is 41.5 Å². The van der Waals surface area contributed by atoms with Crippen LogP contribution in [0.5, 0.6) is 0 Å². The van der Waals surface area contributed by atoms with E-state index in [0.717, 1.165) is 11.3 Å². The zero-order chi connectivity index (χ0) is 23.1. The van der Waals surface area contributed by atoms with E-state index in [4.69, 9.17) is 25.9 Å². The first kappa shape index (κ1) is 25.5. The molecule has 1 N–H and O–H groups in total. The fraction of sp³-hybridized carbons (Fsp3) is 0.556.